The first-order chi connectivity index (χ1) is 10.7. The van der Waals surface area contributed by atoms with Gasteiger partial charge in [0.1, 0.15) is 0 Å². The highest BCUT2D eigenvalue weighted by molar-refractivity contribution is 9.12. The molecule has 0 aromatic heterocycles. The zero-order valence-corrected chi connectivity index (χ0v) is 15.0. The van der Waals surface area contributed by atoms with E-state index in [1.807, 2.05) is 0 Å². The fourth-order valence-corrected chi connectivity index (χ4v) is 5.09. The quantitative estimate of drug-likeness (QED) is 0.424. The molecule has 0 spiro atoms. The number of rotatable bonds is 2. The summed E-state index contributed by atoms with van der Waals surface area (Å²) in [4.78, 5) is 0.158. The minimum Gasteiger partial charge on any atom is -0.0816 e. The van der Waals surface area contributed by atoms with Crippen LogP contribution in [0, 0.1) is 0 Å². The second-order valence-electron chi connectivity index (χ2n) is 5.58. The first-order valence-electron chi connectivity index (χ1n) is 7.30. The van der Waals surface area contributed by atoms with Gasteiger partial charge in [0.15, 0.2) is 0 Å². The Morgan fingerprint density at radius 2 is 1.09 bits per heavy atom. The summed E-state index contributed by atoms with van der Waals surface area (Å²) in [6, 6.07) is 27.9. The number of fused-ring (bicyclic) bond motifs is 3. The van der Waals surface area contributed by atoms with Crippen molar-refractivity contribution < 1.29 is 0 Å². The summed E-state index contributed by atoms with van der Waals surface area (Å²) in [5.41, 5.74) is 6.54. The Bertz CT molecular complexity index is 778. The van der Waals surface area contributed by atoms with Crippen molar-refractivity contribution in [2.75, 3.05) is 0 Å². The summed E-state index contributed by atoms with van der Waals surface area (Å²) in [7, 11) is 0. The number of benzene rings is 3. The first kappa shape index (κ1) is 14.2. The van der Waals surface area contributed by atoms with Crippen LogP contribution in [0.4, 0.5) is 0 Å². The summed E-state index contributed by atoms with van der Waals surface area (Å²) in [6.45, 7) is 0. The zero-order valence-electron chi connectivity index (χ0n) is 11.8. The molecule has 0 heterocycles. The summed E-state index contributed by atoms with van der Waals surface area (Å²) >= 11 is 8.06. The molecule has 0 saturated heterocycles. The third-order valence-corrected chi connectivity index (χ3v) is 7.51. The third kappa shape index (κ3) is 1.94. The van der Waals surface area contributed by atoms with Gasteiger partial charge in [0, 0.05) is 0 Å². The molecule has 108 valence electrons. The fourth-order valence-electron chi connectivity index (χ4n) is 3.34. The van der Waals surface area contributed by atoms with Crippen LogP contribution >= 0.6 is 31.9 Å². The van der Waals surface area contributed by atoms with Crippen LogP contribution in [0.1, 0.15) is 21.5 Å². The zero-order chi connectivity index (χ0) is 15.2. The first-order valence-corrected chi connectivity index (χ1v) is 9.01. The maximum Gasteiger partial charge on any atom is 0.0932 e. The van der Waals surface area contributed by atoms with Gasteiger partial charge < -0.3 is 0 Å². The van der Waals surface area contributed by atoms with Crippen molar-refractivity contribution in [2.24, 2.45) is 0 Å². The van der Waals surface area contributed by atoms with E-state index < -0.39 is 0 Å². The smallest absolute Gasteiger partial charge is 0.0816 e. The van der Waals surface area contributed by atoms with Crippen LogP contribution in [0.25, 0.3) is 11.1 Å². The molecule has 4 rings (SSSR count). The third-order valence-electron chi connectivity index (χ3n) is 4.37. The van der Waals surface area contributed by atoms with Gasteiger partial charge in [-0.2, -0.15) is 0 Å². The molecular formula is C20H14Br2. The second kappa shape index (κ2) is 5.36. The van der Waals surface area contributed by atoms with Crippen molar-refractivity contribution in [1.82, 2.24) is 0 Å². The normalized spacial score (nSPS) is 15.9. The van der Waals surface area contributed by atoms with E-state index in [1.165, 1.54) is 27.8 Å². The van der Waals surface area contributed by atoms with Crippen LogP contribution in [-0.4, -0.2) is 0 Å². The molecule has 0 saturated carbocycles. The predicted octanol–water partition coefficient (Wildman–Crippen LogP) is 6.44. The van der Waals surface area contributed by atoms with Crippen molar-refractivity contribution in [3.05, 3.63) is 95.6 Å². The van der Waals surface area contributed by atoms with Crippen LogP contribution in [0.15, 0.2) is 78.9 Å². The lowest BCUT2D eigenvalue weighted by atomic mass is 9.89. The Morgan fingerprint density at radius 1 is 0.636 bits per heavy atom. The number of hydrogen-bond acceptors (Lipinski definition) is 0. The molecule has 0 radical (unpaired) electrons. The molecule has 1 atom stereocenters. The van der Waals surface area contributed by atoms with E-state index >= 15 is 0 Å². The Morgan fingerprint density at radius 3 is 1.64 bits per heavy atom. The minimum atomic E-state index is -0.248. The van der Waals surface area contributed by atoms with Crippen molar-refractivity contribution in [1.29, 1.82) is 0 Å². The van der Waals surface area contributed by atoms with Crippen LogP contribution in [-0.2, 0) is 4.32 Å². The number of alkyl halides is 2. The lowest BCUT2D eigenvalue weighted by Crippen LogP contribution is -2.22. The lowest BCUT2D eigenvalue weighted by Gasteiger charge is -2.31. The van der Waals surface area contributed by atoms with E-state index in [0.29, 0.717) is 0 Å². The van der Waals surface area contributed by atoms with Gasteiger partial charge in [0.25, 0.3) is 0 Å². The Labute approximate surface area is 147 Å². The molecule has 0 bridgehead atoms. The van der Waals surface area contributed by atoms with Gasteiger partial charge in [-0.15, -0.1) is 0 Å². The topological polar surface area (TPSA) is 0 Å². The Kier molecular flexibility index (Phi) is 3.47. The highest BCUT2D eigenvalue weighted by Crippen LogP contribution is 2.60. The predicted molar refractivity (Wildman–Crippen MR) is 99.7 cm³/mol. The van der Waals surface area contributed by atoms with Crippen molar-refractivity contribution in [3.63, 3.8) is 0 Å². The molecule has 0 aliphatic heterocycles. The molecule has 0 amide bonds. The standard InChI is InChI=1S/C20H14Br2/c21-19(14-8-2-1-3-9-14)20(22)17-12-6-4-10-15(17)16-11-5-7-13-18(16)20/h1-13,19H. The van der Waals surface area contributed by atoms with Gasteiger partial charge in [-0.3, -0.25) is 0 Å². The molecule has 22 heavy (non-hydrogen) atoms. The van der Waals surface area contributed by atoms with Crippen molar-refractivity contribution in [3.8, 4) is 11.1 Å². The van der Waals surface area contributed by atoms with Crippen LogP contribution in [0.5, 0.6) is 0 Å². The number of hydrogen-bond donors (Lipinski definition) is 0. The van der Waals surface area contributed by atoms with Crippen LogP contribution in [0.3, 0.4) is 0 Å². The molecule has 2 heteroatoms. The average Bonchev–Trinajstić information content (AvgIpc) is 2.86. The van der Waals surface area contributed by atoms with E-state index in [1.54, 1.807) is 0 Å². The summed E-state index contributed by atoms with van der Waals surface area (Å²) in [5.74, 6) is 0. The van der Waals surface area contributed by atoms with Gasteiger partial charge in [-0.05, 0) is 27.8 Å². The average molecular weight is 414 g/mol. The van der Waals surface area contributed by atoms with E-state index in [0.717, 1.165) is 0 Å². The largest absolute Gasteiger partial charge is 0.0932 e. The molecule has 1 aliphatic carbocycles. The maximum absolute atomic E-state index is 4.10. The van der Waals surface area contributed by atoms with E-state index in [-0.39, 0.29) is 9.15 Å². The van der Waals surface area contributed by atoms with Crippen molar-refractivity contribution in [2.45, 2.75) is 9.15 Å². The maximum atomic E-state index is 4.10. The van der Waals surface area contributed by atoms with Gasteiger partial charge in [-0.1, -0.05) is 111 Å². The molecule has 0 fully saturated rings. The summed E-state index contributed by atoms with van der Waals surface area (Å²) < 4.78 is -0.248. The van der Waals surface area contributed by atoms with E-state index in [4.69, 9.17) is 0 Å². The fraction of sp³-hybridized carbons (Fsp3) is 0.100. The van der Waals surface area contributed by atoms with Gasteiger partial charge in [0.2, 0.25) is 0 Å². The highest BCUT2D eigenvalue weighted by atomic mass is 79.9. The van der Waals surface area contributed by atoms with E-state index in [9.17, 15) is 0 Å². The van der Waals surface area contributed by atoms with Crippen molar-refractivity contribution >= 4 is 31.9 Å². The Hall–Kier alpha value is -1.38. The SMILES string of the molecule is BrC(c1ccccc1)C1(Br)c2ccccc2-c2ccccc21. The van der Waals surface area contributed by atoms with E-state index in [2.05, 4.69) is 111 Å². The van der Waals surface area contributed by atoms with Crippen LogP contribution < -0.4 is 0 Å². The monoisotopic (exact) mass is 412 g/mol. The summed E-state index contributed by atoms with van der Waals surface area (Å²) in [5, 5.41) is 0. The summed E-state index contributed by atoms with van der Waals surface area (Å²) in [6.07, 6.45) is 0. The van der Waals surface area contributed by atoms with Gasteiger partial charge in [0.05, 0.1) is 9.15 Å². The number of halogens is 2. The Balaban J connectivity index is 1.98. The second-order valence-corrected chi connectivity index (χ2v) is 7.74. The lowest BCUT2D eigenvalue weighted by molar-refractivity contribution is 0.765. The molecule has 3 aromatic carbocycles. The molecule has 1 unspecified atom stereocenters. The molecule has 3 aromatic rings. The molecular weight excluding hydrogens is 400 g/mol. The van der Waals surface area contributed by atoms with Crippen LogP contribution in [0.2, 0.25) is 0 Å². The minimum absolute atomic E-state index is 0.158. The van der Waals surface area contributed by atoms with Gasteiger partial charge >= 0.3 is 0 Å². The molecule has 0 nitrogen and oxygen atoms in total. The molecule has 1 aliphatic rings. The van der Waals surface area contributed by atoms with Gasteiger partial charge in [-0.25, -0.2) is 0 Å². The molecule has 0 N–H and O–H groups in total. The highest BCUT2D eigenvalue weighted by Gasteiger charge is 2.46.